The summed E-state index contributed by atoms with van der Waals surface area (Å²) in [5.41, 5.74) is 1.48. The number of nitrogens with zero attached hydrogens (tertiary/aromatic N) is 2. The topological polar surface area (TPSA) is 48.3 Å². The van der Waals surface area contributed by atoms with Crippen molar-refractivity contribution in [2.45, 2.75) is 6.10 Å². The second-order valence-electron chi connectivity index (χ2n) is 4.35. The first-order valence-corrected chi connectivity index (χ1v) is 6.31. The molecule has 0 radical (unpaired) electrons. The molecule has 0 aromatic heterocycles. The van der Waals surface area contributed by atoms with Gasteiger partial charge in [-0.05, 0) is 18.2 Å². The Kier molecular flexibility index (Phi) is 4.43. The number of hydrogen-bond donors (Lipinski definition) is 1. The third kappa shape index (κ3) is 3.14. The maximum atomic E-state index is 9.10. The van der Waals surface area contributed by atoms with E-state index in [-0.39, 0.29) is 6.10 Å². The molecule has 1 aromatic rings. The molecular formula is C13H16ClN3O. The highest BCUT2D eigenvalue weighted by Crippen LogP contribution is 2.23. The van der Waals surface area contributed by atoms with Crippen LogP contribution >= 0.6 is 11.6 Å². The molecule has 0 amide bonds. The van der Waals surface area contributed by atoms with Crippen LogP contribution in [0.4, 0.5) is 5.69 Å². The number of halogens is 1. The molecule has 0 spiro atoms. The van der Waals surface area contributed by atoms with E-state index in [9.17, 15) is 0 Å². The molecule has 2 rings (SSSR count). The van der Waals surface area contributed by atoms with Crippen LogP contribution in [0.3, 0.4) is 0 Å². The second kappa shape index (κ2) is 6.05. The third-order valence-corrected chi connectivity index (χ3v) is 3.21. The van der Waals surface area contributed by atoms with Gasteiger partial charge >= 0.3 is 0 Å². The predicted octanol–water partition coefficient (Wildman–Crippen LogP) is 1.64. The fraction of sp³-hybridized carbons (Fsp3) is 0.462. The summed E-state index contributed by atoms with van der Waals surface area (Å²) in [6, 6.07) is 7.48. The van der Waals surface area contributed by atoms with Crippen molar-refractivity contribution in [1.82, 2.24) is 5.32 Å². The second-order valence-corrected chi connectivity index (χ2v) is 4.79. The van der Waals surface area contributed by atoms with Crippen molar-refractivity contribution in [2.75, 3.05) is 38.2 Å². The third-order valence-electron chi connectivity index (χ3n) is 2.97. The van der Waals surface area contributed by atoms with Gasteiger partial charge in [0.2, 0.25) is 0 Å². The van der Waals surface area contributed by atoms with E-state index in [1.807, 2.05) is 18.0 Å². The lowest BCUT2D eigenvalue weighted by Crippen LogP contribution is -2.44. The summed E-state index contributed by atoms with van der Waals surface area (Å²) < 4.78 is 5.65. The van der Waals surface area contributed by atoms with Crippen molar-refractivity contribution in [3.63, 3.8) is 0 Å². The first-order chi connectivity index (χ1) is 8.70. The molecule has 18 heavy (non-hydrogen) atoms. The van der Waals surface area contributed by atoms with Crippen molar-refractivity contribution in [2.24, 2.45) is 0 Å². The lowest BCUT2D eigenvalue weighted by atomic mass is 10.1. The minimum atomic E-state index is 0.147. The van der Waals surface area contributed by atoms with Crippen LogP contribution in [0.5, 0.6) is 0 Å². The van der Waals surface area contributed by atoms with Gasteiger partial charge in [-0.1, -0.05) is 11.6 Å². The smallest absolute Gasteiger partial charge is 0.101 e. The lowest BCUT2D eigenvalue weighted by molar-refractivity contribution is 0.0340. The highest BCUT2D eigenvalue weighted by Gasteiger charge is 2.17. The zero-order chi connectivity index (χ0) is 13.0. The van der Waals surface area contributed by atoms with Crippen LogP contribution in [0.25, 0.3) is 0 Å². The number of benzene rings is 1. The highest BCUT2D eigenvalue weighted by atomic mass is 35.5. The Morgan fingerprint density at radius 1 is 1.61 bits per heavy atom. The first kappa shape index (κ1) is 13.2. The van der Waals surface area contributed by atoms with Gasteiger partial charge in [0.25, 0.3) is 0 Å². The summed E-state index contributed by atoms with van der Waals surface area (Å²) in [6.07, 6.45) is 0.147. The molecule has 4 nitrogen and oxygen atoms in total. The molecule has 1 heterocycles. The Morgan fingerprint density at radius 3 is 3.11 bits per heavy atom. The Labute approximate surface area is 112 Å². The summed E-state index contributed by atoms with van der Waals surface area (Å²) in [4.78, 5) is 2.02. The molecule has 1 aliphatic heterocycles. The molecule has 1 atom stereocenters. The maximum Gasteiger partial charge on any atom is 0.101 e. The van der Waals surface area contributed by atoms with Crippen LogP contribution in [-0.4, -0.2) is 39.4 Å². The van der Waals surface area contributed by atoms with Gasteiger partial charge in [-0.2, -0.15) is 5.26 Å². The summed E-state index contributed by atoms with van der Waals surface area (Å²) >= 11 is 5.98. The maximum absolute atomic E-state index is 9.10. The Morgan fingerprint density at radius 2 is 2.44 bits per heavy atom. The molecule has 1 saturated heterocycles. The van der Waals surface area contributed by atoms with Gasteiger partial charge in [0.15, 0.2) is 0 Å². The van der Waals surface area contributed by atoms with E-state index in [1.54, 1.807) is 12.1 Å². The van der Waals surface area contributed by atoms with E-state index in [4.69, 9.17) is 21.6 Å². The molecule has 1 aromatic carbocycles. The lowest BCUT2D eigenvalue weighted by Gasteiger charge is -2.29. The number of nitriles is 1. The molecule has 0 bridgehead atoms. The van der Waals surface area contributed by atoms with Gasteiger partial charge < -0.3 is 15.0 Å². The van der Waals surface area contributed by atoms with Crippen LogP contribution in [0.2, 0.25) is 5.02 Å². The van der Waals surface area contributed by atoms with Crippen LogP contribution in [-0.2, 0) is 4.74 Å². The van der Waals surface area contributed by atoms with Crippen molar-refractivity contribution in [3.05, 3.63) is 28.8 Å². The minimum absolute atomic E-state index is 0.147. The zero-order valence-corrected chi connectivity index (χ0v) is 11.1. The van der Waals surface area contributed by atoms with Gasteiger partial charge in [-0.15, -0.1) is 0 Å². The summed E-state index contributed by atoms with van der Waals surface area (Å²) in [5, 5.41) is 13.0. The van der Waals surface area contributed by atoms with Crippen LogP contribution in [0, 0.1) is 11.3 Å². The molecule has 0 saturated carbocycles. The van der Waals surface area contributed by atoms with Gasteiger partial charge in [-0.25, -0.2) is 0 Å². The fourth-order valence-electron chi connectivity index (χ4n) is 2.06. The number of anilines is 1. The summed E-state index contributed by atoms with van der Waals surface area (Å²) in [5.74, 6) is 0. The number of rotatable bonds is 3. The number of ether oxygens (including phenoxy) is 1. The molecule has 5 heteroatoms. The van der Waals surface area contributed by atoms with E-state index < -0.39 is 0 Å². The van der Waals surface area contributed by atoms with E-state index in [0.717, 1.165) is 31.9 Å². The Balaban J connectivity index is 2.10. The molecule has 1 unspecified atom stereocenters. The summed E-state index contributed by atoms with van der Waals surface area (Å²) in [7, 11) is 1.95. The number of morpholine rings is 1. The number of likely N-dealkylation sites (N-methyl/N-ethyl adjacent to an activating group) is 1. The van der Waals surface area contributed by atoms with E-state index >= 15 is 0 Å². The normalized spacial score (nSPS) is 19.3. The number of nitrogens with one attached hydrogen (secondary N) is 1. The molecular weight excluding hydrogens is 250 g/mol. The molecule has 0 aliphatic carbocycles. The highest BCUT2D eigenvalue weighted by molar-refractivity contribution is 6.30. The predicted molar refractivity (Wildman–Crippen MR) is 72.0 cm³/mol. The molecule has 96 valence electrons. The summed E-state index contributed by atoms with van der Waals surface area (Å²) in [6.45, 7) is 3.22. The zero-order valence-electron chi connectivity index (χ0n) is 10.3. The average Bonchev–Trinajstić information content (AvgIpc) is 2.40. The Bertz CT molecular complexity index is 452. The van der Waals surface area contributed by atoms with E-state index in [1.165, 1.54) is 0 Å². The molecule has 1 aliphatic rings. The molecule has 1 fully saturated rings. The Hall–Kier alpha value is -1.28. The SMILES string of the molecule is CN(CC1CNCCO1)c1cc(Cl)ccc1C#N. The van der Waals surface area contributed by atoms with Crippen molar-refractivity contribution in [1.29, 1.82) is 5.26 Å². The minimum Gasteiger partial charge on any atom is -0.374 e. The van der Waals surface area contributed by atoms with Gasteiger partial charge in [0.05, 0.1) is 24.0 Å². The largest absolute Gasteiger partial charge is 0.374 e. The van der Waals surface area contributed by atoms with E-state index in [2.05, 4.69) is 11.4 Å². The van der Waals surface area contributed by atoms with Crippen LogP contribution in [0.15, 0.2) is 18.2 Å². The van der Waals surface area contributed by atoms with Gasteiger partial charge in [0, 0.05) is 31.7 Å². The van der Waals surface area contributed by atoms with Crippen LogP contribution in [0.1, 0.15) is 5.56 Å². The standard InChI is InChI=1S/C13H16ClN3O/c1-17(9-12-8-16-4-5-18-12)13-6-11(14)3-2-10(13)7-15/h2-3,6,12,16H,4-5,8-9H2,1H3. The van der Waals surface area contributed by atoms with Gasteiger partial charge in [0.1, 0.15) is 6.07 Å². The quantitative estimate of drug-likeness (QED) is 0.903. The van der Waals surface area contributed by atoms with Gasteiger partial charge in [-0.3, -0.25) is 0 Å². The van der Waals surface area contributed by atoms with Crippen molar-refractivity contribution < 1.29 is 4.74 Å². The fourth-order valence-corrected chi connectivity index (χ4v) is 2.22. The van der Waals surface area contributed by atoms with Crippen molar-refractivity contribution >= 4 is 17.3 Å². The van der Waals surface area contributed by atoms with E-state index in [0.29, 0.717) is 10.6 Å². The van der Waals surface area contributed by atoms with Crippen molar-refractivity contribution in [3.8, 4) is 6.07 Å². The number of hydrogen-bond acceptors (Lipinski definition) is 4. The molecule has 1 N–H and O–H groups in total. The first-order valence-electron chi connectivity index (χ1n) is 5.94. The average molecular weight is 266 g/mol. The van der Waals surface area contributed by atoms with Crippen LogP contribution < -0.4 is 10.2 Å². The monoisotopic (exact) mass is 265 g/mol.